The highest BCUT2D eigenvalue weighted by Crippen LogP contribution is 2.38. The number of hydrogen-bond donors (Lipinski definition) is 1. The van der Waals surface area contributed by atoms with Crippen LogP contribution in [-0.4, -0.2) is 11.3 Å². The second-order valence-corrected chi connectivity index (χ2v) is 8.24. The Bertz CT molecular complexity index is 979. The molecule has 0 heterocycles. The molecule has 3 aromatic rings. The quantitative estimate of drug-likeness (QED) is 0.375. The lowest BCUT2D eigenvalue weighted by Gasteiger charge is -2.19. The molecule has 2 heteroatoms. The number of nitrogens with one attached hydrogen (secondary N) is 1. The molecule has 0 spiro atoms. The maximum absolute atomic E-state index is 4.80. The minimum Gasteiger partial charge on any atom is -0.305 e. The molecule has 3 aromatic carbocycles. The third-order valence-corrected chi connectivity index (χ3v) is 4.94. The van der Waals surface area contributed by atoms with Crippen molar-refractivity contribution in [3.63, 3.8) is 0 Å². The van der Waals surface area contributed by atoms with Crippen molar-refractivity contribution >= 4 is 5.71 Å². The highest BCUT2D eigenvalue weighted by molar-refractivity contribution is 6.02. The summed E-state index contributed by atoms with van der Waals surface area (Å²) in [5.41, 5.74) is 12.5. The Balaban J connectivity index is 1.71. The average molecular weight is 354 g/mol. The zero-order chi connectivity index (χ0) is 18.9. The molecule has 0 saturated carbocycles. The summed E-state index contributed by atoms with van der Waals surface area (Å²) in [5, 5.41) is 4.80. The van der Waals surface area contributed by atoms with Gasteiger partial charge in [-0.3, -0.25) is 0 Å². The van der Waals surface area contributed by atoms with Crippen LogP contribution in [0.5, 0.6) is 0 Å². The molecule has 0 radical (unpaired) electrons. The third-order valence-electron chi connectivity index (χ3n) is 4.94. The molecule has 0 atom stereocenters. The van der Waals surface area contributed by atoms with Crippen LogP contribution in [0.2, 0.25) is 0 Å². The van der Waals surface area contributed by atoms with E-state index < -0.39 is 0 Å². The fourth-order valence-electron chi connectivity index (χ4n) is 3.64. The highest BCUT2D eigenvalue weighted by Gasteiger charge is 2.21. The Labute approximate surface area is 162 Å². The van der Waals surface area contributed by atoms with E-state index in [2.05, 4.69) is 99.0 Å². The van der Waals surface area contributed by atoms with Gasteiger partial charge in [0.15, 0.2) is 0 Å². The van der Waals surface area contributed by atoms with Crippen molar-refractivity contribution in [1.29, 1.82) is 0 Å². The number of nitrogens with zero attached hydrogens (tertiary/aromatic N) is 1. The lowest BCUT2D eigenvalue weighted by atomic mass is 9.95. The van der Waals surface area contributed by atoms with Gasteiger partial charge in [-0.05, 0) is 60.6 Å². The Morgan fingerprint density at radius 2 is 1.56 bits per heavy atom. The van der Waals surface area contributed by atoms with Crippen molar-refractivity contribution in [3.05, 3.63) is 95.1 Å². The number of fused-ring (bicyclic) bond motifs is 3. The topological polar surface area (TPSA) is 24.4 Å². The largest absolute Gasteiger partial charge is 0.305 e. The van der Waals surface area contributed by atoms with Crippen LogP contribution < -0.4 is 5.43 Å². The van der Waals surface area contributed by atoms with Crippen LogP contribution in [0.3, 0.4) is 0 Å². The molecular weight excluding hydrogens is 328 g/mol. The maximum Gasteiger partial charge on any atom is 0.0719 e. The first kappa shape index (κ1) is 17.5. The molecule has 0 aromatic heterocycles. The van der Waals surface area contributed by atoms with Crippen LogP contribution in [0.15, 0.2) is 77.9 Å². The molecule has 0 fully saturated rings. The van der Waals surface area contributed by atoms with Crippen molar-refractivity contribution in [2.24, 2.45) is 5.10 Å². The standard InChI is InChI=1S/C25H26N2/c1-25(2,3)27-26-24(18-10-5-4-6-11-18)17-20-13-9-15-22-21-14-8-7-12-19(21)16-23(20)22/h4-15,27H,16-17H2,1-3H3. The summed E-state index contributed by atoms with van der Waals surface area (Å²) in [6.45, 7) is 6.40. The van der Waals surface area contributed by atoms with Gasteiger partial charge in [0.2, 0.25) is 0 Å². The normalized spacial score (nSPS) is 13.2. The molecule has 27 heavy (non-hydrogen) atoms. The molecule has 0 unspecified atom stereocenters. The first-order valence-electron chi connectivity index (χ1n) is 9.59. The van der Waals surface area contributed by atoms with E-state index in [4.69, 9.17) is 5.10 Å². The Kier molecular flexibility index (Phi) is 4.57. The molecule has 2 nitrogen and oxygen atoms in total. The summed E-state index contributed by atoms with van der Waals surface area (Å²) < 4.78 is 0. The predicted molar refractivity (Wildman–Crippen MR) is 114 cm³/mol. The summed E-state index contributed by atoms with van der Waals surface area (Å²) in [5.74, 6) is 0. The highest BCUT2D eigenvalue weighted by atomic mass is 15.3. The first-order valence-corrected chi connectivity index (χ1v) is 9.59. The van der Waals surface area contributed by atoms with Crippen LogP contribution in [0.1, 0.15) is 43.0 Å². The third kappa shape index (κ3) is 3.80. The average Bonchev–Trinajstić information content (AvgIpc) is 3.05. The molecule has 0 bridgehead atoms. The van der Waals surface area contributed by atoms with E-state index in [1.54, 1.807) is 0 Å². The molecule has 0 saturated heterocycles. The zero-order valence-electron chi connectivity index (χ0n) is 16.3. The fourth-order valence-corrected chi connectivity index (χ4v) is 3.64. The lowest BCUT2D eigenvalue weighted by Crippen LogP contribution is -2.32. The van der Waals surface area contributed by atoms with Gasteiger partial charge in [-0.1, -0.05) is 72.8 Å². The Morgan fingerprint density at radius 3 is 2.33 bits per heavy atom. The number of benzene rings is 3. The smallest absolute Gasteiger partial charge is 0.0719 e. The molecular formula is C25H26N2. The molecule has 4 rings (SSSR count). The molecule has 136 valence electrons. The first-order chi connectivity index (χ1) is 13.0. The van der Waals surface area contributed by atoms with Crippen LogP contribution in [-0.2, 0) is 12.8 Å². The van der Waals surface area contributed by atoms with Crippen LogP contribution >= 0.6 is 0 Å². The second kappa shape index (κ2) is 7.03. The summed E-state index contributed by atoms with van der Waals surface area (Å²) in [7, 11) is 0. The fraction of sp³-hybridized carbons (Fsp3) is 0.240. The van der Waals surface area contributed by atoms with Crippen LogP contribution in [0.4, 0.5) is 0 Å². The van der Waals surface area contributed by atoms with Crippen LogP contribution in [0, 0.1) is 0 Å². The number of rotatable bonds is 4. The minimum absolute atomic E-state index is 0.0606. The van der Waals surface area contributed by atoms with E-state index >= 15 is 0 Å². The predicted octanol–water partition coefficient (Wildman–Crippen LogP) is 5.59. The molecule has 1 N–H and O–H groups in total. The Morgan fingerprint density at radius 1 is 0.852 bits per heavy atom. The second-order valence-electron chi connectivity index (χ2n) is 8.24. The van der Waals surface area contributed by atoms with E-state index in [0.29, 0.717) is 0 Å². The SMILES string of the molecule is CC(C)(C)NN=C(Cc1cccc2c1Cc1ccccc1-2)c1ccccc1. The van der Waals surface area contributed by atoms with Crippen molar-refractivity contribution in [2.45, 2.75) is 39.2 Å². The van der Waals surface area contributed by atoms with Gasteiger partial charge < -0.3 is 5.43 Å². The summed E-state index contributed by atoms with van der Waals surface area (Å²) in [6.07, 6.45) is 1.83. The van der Waals surface area contributed by atoms with Gasteiger partial charge in [-0.15, -0.1) is 0 Å². The van der Waals surface area contributed by atoms with E-state index in [1.807, 2.05) is 0 Å². The van der Waals surface area contributed by atoms with Gasteiger partial charge >= 0.3 is 0 Å². The van der Waals surface area contributed by atoms with E-state index in [-0.39, 0.29) is 5.54 Å². The van der Waals surface area contributed by atoms with Crippen LogP contribution in [0.25, 0.3) is 11.1 Å². The van der Waals surface area contributed by atoms with E-state index in [9.17, 15) is 0 Å². The Hall–Kier alpha value is -2.87. The maximum atomic E-state index is 4.80. The van der Waals surface area contributed by atoms with Gasteiger partial charge in [0.25, 0.3) is 0 Å². The molecule has 1 aliphatic rings. The van der Waals surface area contributed by atoms with Crippen molar-refractivity contribution in [3.8, 4) is 11.1 Å². The zero-order valence-corrected chi connectivity index (χ0v) is 16.3. The van der Waals surface area contributed by atoms with Gasteiger partial charge in [0, 0.05) is 12.0 Å². The van der Waals surface area contributed by atoms with Crippen molar-refractivity contribution in [1.82, 2.24) is 5.43 Å². The van der Waals surface area contributed by atoms with Gasteiger partial charge in [-0.25, -0.2) is 0 Å². The summed E-state index contributed by atoms with van der Waals surface area (Å²) in [6, 6.07) is 25.9. The van der Waals surface area contributed by atoms with E-state index in [0.717, 1.165) is 18.6 Å². The molecule has 1 aliphatic carbocycles. The summed E-state index contributed by atoms with van der Waals surface area (Å²) >= 11 is 0. The van der Waals surface area contributed by atoms with Gasteiger partial charge in [-0.2, -0.15) is 5.10 Å². The van der Waals surface area contributed by atoms with Crippen molar-refractivity contribution < 1.29 is 0 Å². The van der Waals surface area contributed by atoms with Gasteiger partial charge in [0.1, 0.15) is 0 Å². The number of hydrazone groups is 1. The van der Waals surface area contributed by atoms with E-state index in [1.165, 1.54) is 33.4 Å². The monoisotopic (exact) mass is 354 g/mol. The molecule has 0 aliphatic heterocycles. The summed E-state index contributed by atoms with van der Waals surface area (Å²) in [4.78, 5) is 0. The van der Waals surface area contributed by atoms with Crippen molar-refractivity contribution in [2.75, 3.05) is 0 Å². The number of hydrogen-bond acceptors (Lipinski definition) is 2. The molecule has 0 amide bonds. The van der Waals surface area contributed by atoms with Gasteiger partial charge in [0.05, 0.1) is 5.71 Å². The minimum atomic E-state index is -0.0606. The lowest BCUT2D eigenvalue weighted by molar-refractivity contribution is 0.441.